The number of amides is 4. The number of pyridine rings is 2. The van der Waals surface area contributed by atoms with Gasteiger partial charge in [-0.25, -0.2) is 28.0 Å². The van der Waals surface area contributed by atoms with Crippen molar-refractivity contribution in [1.82, 2.24) is 19.8 Å². The van der Waals surface area contributed by atoms with Crippen molar-refractivity contribution in [3.63, 3.8) is 0 Å². The number of carbonyl (C=O) groups is 4. The minimum Gasteiger partial charge on any atom is -0.465 e. The summed E-state index contributed by atoms with van der Waals surface area (Å²) in [7, 11) is 1.10. The summed E-state index contributed by atoms with van der Waals surface area (Å²) in [4.78, 5) is 64.6. The molecular formula is C52H54BBrF2N6O8. The largest absolute Gasteiger partial charge is 0.490 e. The van der Waals surface area contributed by atoms with E-state index in [1.807, 2.05) is 70.5 Å². The molecule has 6 aromatic rings. The molecule has 2 fully saturated rings. The quantitative estimate of drug-likeness (QED) is 0.0999. The van der Waals surface area contributed by atoms with E-state index in [1.165, 1.54) is 44.7 Å². The number of carbonyl (C=O) groups excluding carboxylic acids is 4. The number of ether oxygens (including phenoxy) is 2. The number of aromatic nitrogens is 2. The van der Waals surface area contributed by atoms with Gasteiger partial charge in [0, 0.05) is 83.4 Å². The average molecular weight is 1020 g/mol. The van der Waals surface area contributed by atoms with Crippen LogP contribution in [-0.4, -0.2) is 101 Å². The number of hydrogen-bond donors (Lipinski definition) is 2. The van der Waals surface area contributed by atoms with E-state index >= 15 is 0 Å². The number of likely N-dealkylation sites (tertiary alicyclic amines) is 2. The maximum Gasteiger partial charge on any atom is 0.490 e. The summed E-state index contributed by atoms with van der Waals surface area (Å²) in [5, 5.41) is 17.1. The lowest BCUT2D eigenvalue weighted by atomic mass is 9.82. The van der Waals surface area contributed by atoms with E-state index in [2.05, 4.69) is 35.4 Å². The number of rotatable bonds is 10. The highest BCUT2D eigenvalue weighted by Gasteiger charge is 2.27. The third-order valence-corrected chi connectivity index (χ3v) is 12.1. The van der Waals surface area contributed by atoms with Gasteiger partial charge in [-0.3, -0.25) is 19.8 Å². The molecule has 0 spiro atoms. The van der Waals surface area contributed by atoms with E-state index in [-0.39, 0.29) is 36.3 Å². The minimum absolute atomic E-state index is 0.0505. The Morgan fingerprint density at radius 3 is 1.41 bits per heavy atom. The van der Waals surface area contributed by atoms with E-state index in [9.17, 15) is 28.0 Å². The number of nitrogens with zero attached hydrogens (tertiary/aromatic N) is 6. The monoisotopic (exact) mass is 1020 g/mol. The molecule has 8 rings (SSSR count). The van der Waals surface area contributed by atoms with Gasteiger partial charge in [0.25, 0.3) is 0 Å². The lowest BCUT2D eigenvalue weighted by Gasteiger charge is -2.33. The molecule has 0 bridgehead atoms. The maximum absolute atomic E-state index is 14.8. The average Bonchev–Trinajstić information content (AvgIpc) is 3.41. The predicted molar refractivity (Wildman–Crippen MR) is 267 cm³/mol. The van der Waals surface area contributed by atoms with Crippen molar-refractivity contribution in [2.24, 2.45) is 0 Å². The van der Waals surface area contributed by atoms with Crippen LogP contribution in [-0.2, 0) is 22.6 Å². The first-order valence-corrected chi connectivity index (χ1v) is 23.5. The van der Waals surface area contributed by atoms with Crippen LogP contribution in [0.1, 0.15) is 70.4 Å². The second kappa shape index (κ2) is 26.1. The van der Waals surface area contributed by atoms with Crippen LogP contribution in [0.3, 0.4) is 0 Å². The molecule has 2 aliphatic heterocycles. The van der Waals surface area contributed by atoms with Crippen LogP contribution in [0.4, 0.5) is 29.7 Å². The van der Waals surface area contributed by atoms with Crippen LogP contribution < -0.4 is 15.3 Å². The van der Waals surface area contributed by atoms with E-state index < -0.39 is 30.7 Å². The molecule has 0 unspecified atom stereocenters. The molecule has 14 nitrogen and oxygen atoms in total. The first kappa shape index (κ1) is 52.4. The van der Waals surface area contributed by atoms with Crippen LogP contribution >= 0.6 is 15.9 Å². The van der Waals surface area contributed by atoms with Crippen LogP contribution in [0, 0.1) is 11.6 Å². The molecule has 2 aromatic heterocycles. The SMILES string of the molecule is COC(=O)c1ccc(CN(C(=O)N2CCCCC2)c2ccc(-c3cccnc3)cc2)c(F)c1.COC(=O)c1ccc(CN(C(=O)N2CCCCC2)c2ccc(Br)cc2)c(F)c1.OB(O)c1cccnc1. The number of benzene rings is 4. The molecule has 0 aliphatic carbocycles. The van der Waals surface area contributed by atoms with E-state index in [4.69, 9.17) is 10.0 Å². The molecule has 0 saturated carbocycles. The molecule has 4 aromatic carbocycles. The zero-order valence-electron chi connectivity index (χ0n) is 38.9. The molecule has 18 heteroatoms. The summed E-state index contributed by atoms with van der Waals surface area (Å²) in [6.07, 6.45) is 12.6. The number of piperidine rings is 2. The molecule has 0 radical (unpaired) electrons. The molecule has 70 heavy (non-hydrogen) atoms. The first-order valence-electron chi connectivity index (χ1n) is 22.7. The highest BCUT2D eigenvalue weighted by Crippen LogP contribution is 2.28. The van der Waals surface area contributed by atoms with Crippen molar-refractivity contribution >= 4 is 63.9 Å². The molecular weight excluding hydrogens is 965 g/mol. The molecule has 2 saturated heterocycles. The fourth-order valence-electron chi connectivity index (χ4n) is 7.75. The topological polar surface area (TPSA) is 166 Å². The number of halogens is 3. The van der Waals surface area contributed by atoms with Crippen LogP contribution in [0.2, 0.25) is 0 Å². The van der Waals surface area contributed by atoms with Gasteiger partial charge in [0.05, 0.1) is 38.4 Å². The number of hydrogen-bond acceptors (Lipinski definition) is 10. The van der Waals surface area contributed by atoms with E-state index in [1.54, 1.807) is 40.5 Å². The van der Waals surface area contributed by atoms with Gasteiger partial charge in [-0.15, -0.1) is 0 Å². The molecule has 2 aliphatic rings. The van der Waals surface area contributed by atoms with Crippen molar-refractivity contribution < 1.29 is 47.5 Å². The summed E-state index contributed by atoms with van der Waals surface area (Å²) in [6, 6.07) is 30.1. The highest BCUT2D eigenvalue weighted by atomic mass is 79.9. The van der Waals surface area contributed by atoms with Crippen molar-refractivity contribution in [3.05, 3.63) is 172 Å². The molecule has 4 heterocycles. The fourth-order valence-corrected chi connectivity index (χ4v) is 8.01. The number of methoxy groups -OCH3 is 2. The van der Waals surface area contributed by atoms with Gasteiger partial charge in [0.1, 0.15) is 11.6 Å². The van der Waals surface area contributed by atoms with Crippen LogP contribution in [0.5, 0.6) is 0 Å². The Kier molecular flexibility index (Phi) is 19.5. The van der Waals surface area contributed by atoms with Crippen LogP contribution in [0.25, 0.3) is 11.1 Å². The van der Waals surface area contributed by atoms with Crippen molar-refractivity contribution in [2.45, 2.75) is 51.6 Å². The van der Waals surface area contributed by atoms with E-state index in [0.717, 1.165) is 66.3 Å². The summed E-state index contributed by atoms with van der Waals surface area (Å²) in [6.45, 7) is 2.91. The highest BCUT2D eigenvalue weighted by molar-refractivity contribution is 9.10. The van der Waals surface area contributed by atoms with Gasteiger partial charge in [-0.2, -0.15) is 0 Å². The Morgan fingerprint density at radius 2 is 1.04 bits per heavy atom. The Morgan fingerprint density at radius 1 is 0.600 bits per heavy atom. The zero-order chi connectivity index (χ0) is 50.0. The number of esters is 2. The fraction of sp³-hybridized carbons (Fsp3) is 0.269. The summed E-state index contributed by atoms with van der Waals surface area (Å²) < 4.78 is 39.7. The zero-order valence-corrected chi connectivity index (χ0v) is 40.5. The van der Waals surface area contributed by atoms with Gasteiger partial charge >= 0.3 is 31.1 Å². The third-order valence-electron chi connectivity index (χ3n) is 11.6. The smallest absolute Gasteiger partial charge is 0.465 e. The van der Waals surface area contributed by atoms with Gasteiger partial charge < -0.3 is 29.3 Å². The van der Waals surface area contributed by atoms with Gasteiger partial charge in [0.15, 0.2) is 0 Å². The molecule has 0 atom stereocenters. The maximum atomic E-state index is 14.8. The summed E-state index contributed by atoms with van der Waals surface area (Å²) in [5.41, 5.74) is 4.66. The standard InChI is InChI=1S/C26H26FN3O3.C21H22BrFN2O3.C5H6BNO2/c1-33-25(31)20-7-8-22(24(27)16-20)18-30(26(32)29-14-3-2-4-15-29)23-11-9-19(10-12-23)21-6-5-13-28-17-21;1-28-20(26)15-5-6-16(19(23)13-15)14-25(18-9-7-17(22)8-10-18)21(27)24-11-3-2-4-12-24;8-6(9)5-2-1-3-7-4-5/h5-13,16-17H,2-4,14-15,18H2,1H3;5-10,13H,2-4,11-12,14H2,1H3;1-4,8-9H. The second-order valence-corrected chi connectivity index (χ2v) is 17.3. The Bertz CT molecular complexity index is 2660. The minimum atomic E-state index is -1.40. The number of urea groups is 2. The van der Waals surface area contributed by atoms with Gasteiger partial charge in [0.2, 0.25) is 0 Å². The summed E-state index contributed by atoms with van der Waals surface area (Å²) >= 11 is 3.40. The van der Waals surface area contributed by atoms with Gasteiger partial charge in [-0.05, 0) is 122 Å². The van der Waals surface area contributed by atoms with Gasteiger partial charge in [-0.1, -0.05) is 52.3 Å². The Hall–Kier alpha value is -7.02. The Labute approximate surface area is 414 Å². The lowest BCUT2D eigenvalue weighted by Crippen LogP contribution is -2.45. The van der Waals surface area contributed by atoms with Crippen molar-refractivity contribution in [2.75, 3.05) is 50.2 Å². The molecule has 2 N–H and O–H groups in total. The predicted octanol–water partition coefficient (Wildman–Crippen LogP) is 9.04. The Balaban J connectivity index is 0.000000197. The summed E-state index contributed by atoms with van der Waals surface area (Å²) in [5.74, 6) is -2.30. The normalized spacial score (nSPS) is 13.1. The van der Waals surface area contributed by atoms with E-state index in [0.29, 0.717) is 54.1 Å². The van der Waals surface area contributed by atoms with Crippen molar-refractivity contribution in [1.29, 1.82) is 0 Å². The lowest BCUT2D eigenvalue weighted by molar-refractivity contribution is 0.0591. The second-order valence-electron chi connectivity index (χ2n) is 16.4. The molecule has 4 amide bonds. The number of anilines is 2. The molecule has 364 valence electrons. The third kappa shape index (κ3) is 14.5. The van der Waals surface area contributed by atoms with Crippen LogP contribution in [0.15, 0.2) is 138 Å². The first-order chi connectivity index (χ1) is 33.9. The van der Waals surface area contributed by atoms with Crippen molar-refractivity contribution in [3.8, 4) is 11.1 Å².